The van der Waals surface area contributed by atoms with Gasteiger partial charge in [-0.2, -0.15) is 8.78 Å². The molecule has 2 nitrogen and oxygen atoms in total. The molecule has 2 aromatic carbocycles. The average molecular weight is 343 g/mol. The Hall–Kier alpha value is -1.59. The van der Waals surface area contributed by atoms with Gasteiger partial charge in [-0.05, 0) is 24.3 Å². The van der Waals surface area contributed by atoms with Gasteiger partial charge in [-0.15, -0.1) is 0 Å². The molecule has 0 fully saturated rings. The van der Waals surface area contributed by atoms with Crippen molar-refractivity contribution in [3.8, 4) is 11.5 Å². The average Bonchev–Trinajstić information content (AvgIpc) is 2.48. The summed E-state index contributed by atoms with van der Waals surface area (Å²) in [5.74, 6) is -11.7. The van der Waals surface area contributed by atoms with Gasteiger partial charge in [0.05, 0.1) is 0 Å². The van der Waals surface area contributed by atoms with Gasteiger partial charge in [0.15, 0.2) is 0 Å². The number of hydrogen-bond donors (Lipinski definition) is 0. The highest BCUT2D eigenvalue weighted by atomic mass is 35.5. The molecule has 0 saturated carbocycles. The Labute approximate surface area is 122 Å². The summed E-state index contributed by atoms with van der Waals surface area (Å²) < 4.78 is 74.6. The zero-order valence-electron chi connectivity index (χ0n) is 9.89. The lowest BCUT2D eigenvalue weighted by molar-refractivity contribution is 0.349. The quantitative estimate of drug-likeness (QED) is 0.337. The van der Waals surface area contributed by atoms with Crippen LogP contribution in [0.2, 0.25) is 5.02 Å². The molecule has 112 valence electrons. The van der Waals surface area contributed by atoms with Crippen molar-refractivity contribution in [1.82, 2.24) is 0 Å². The molecule has 0 aliphatic carbocycles. The van der Waals surface area contributed by atoms with E-state index in [1.54, 1.807) is 0 Å². The minimum atomic E-state index is -2.25. The van der Waals surface area contributed by atoms with Gasteiger partial charge in [-0.3, -0.25) is 0 Å². The molecule has 0 N–H and O–H groups in total. The van der Waals surface area contributed by atoms with E-state index in [0.717, 1.165) is 0 Å². The Morgan fingerprint density at radius 3 is 1.71 bits per heavy atom. The SMILES string of the molecule is Fc1c(F)c(F)c(OPOc2ccc(Cl)cc2)c(F)c1F. The van der Waals surface area contributed by atoms with Gasteiger partial charge in [0.25, 0.3) is 9.03 Å². The molecule has 1 atom stereocenters. The summed E-state index contributed by atoms with van der Waals surface area (Å²) in [6, 6.07) is 5.86. The van der Waals surface area contributed by atoms with Gasteiger partial charge >= 0.3 is 0 Å². The summed E-state index contributed by atoms with van der Waals surface area (Å²) in [6.07, 6.45) is 0. The summed E-state index contributed by atoms with van der Waals surface area (Å²) in [7, 11) is -1.01. The molecule has 0 radical (unpaired) electrons. The first-order valence-corrected chi connectivity index (χ1v) is 6.47. The first-order chi connectivity index (χ1) is 9.91. The zero-order chi connectivity index (χ0) is 15.6. The topological polar surface area (TPSA) is 18.5 Å². The number of hydrogen-bond acceptors (Lipinski definition) is 2. The van der Waals surface area contributed by atoms with Gasteiger partial charge in [-0.25, -0.2) is 13.2 Å². The van der Waals surface area contributed by atoms with Crippen LogP contribution in [0.1, 0.15) is 0 Å². The van der Waals surface area contributed by atoms with E-state index >= 15 is 0 Å². The van der Waals surface area contributed by atoms with Crippen LogP contribution in [0.3, 0.4) is 0 Å². The summed E-state index contributed by atoms with van der Waals surface area (Å²) in [5, 5.41) is 0.436. The van der Waals surface area contributed by atoms with E-state index in [1.807, 2.05) is 0 Å². The molecule has 0 heterocycles. The molecule has 2 aromatic rings. The van der Waals surface area contributed by atoms with Gasteiger partial charge in [0.2, 0.25) is 34.8 Å². The van der Waals surface area contributed by atoms with Crippen molar-refractivity contribution in [3.63, 3.8) is 0 Å². The lowest BCUT2D eigenvalue weighted by Crippen LogP contribution is -2.03. The smallest absolute Gasteiger partial charge is 0.275 e. The van der Waals surface area contributed by atoms with Crippen LogP contribution in [-0.4, -0.2) is 0 Å². The Morgan fingerprint density at radius 2 is 1.19 bits per heavy atom. The third-order valence-electron chi connectivity index (χ3n) is 2.29. The number of halogens is 6. The molecule has 2 rings (SSSR count). The standard InChI is InChI=1S/C12H5ClF5O2P/c13-5-1-3-6(4-2-5)19-21-20-12-10(17)8(15)7(14)9(16)11(12)18/h1-4,21H. The molecule has 1 unspecified atom stereocenters. The summed E-state index contributed by atoms with van der Waals surface area (Å²) in [4.78, 5) is 0. The van der Waals surface area contributed by atoms with E-state index in [1.165, 1.54) is 24.3 Å². The van der Waals surface area contributed by atoms with E-state index in [9.17, 15) is 22.0 Å². The molecule has 0 saturated heterocycles. The van der Waals surface area contributed by atoms with Crippen LogP contribution in [-0.2, 0) is 0 Å². The van der Waals surface area contributed by atoms with Crippen molar-refractivity contribution in [3.05, 3.63) is 58.4 Å². The van der Waals surface area contributed by atoms with E-state index < -0.39 is 43.9 Å². The molecule has 0 aliphatic heterocycles. The van der Waals surface area contributed by atoms with Crippen molar-refractivity contribution in [2.45, 2.75) is 0 Å². The van der Waals surface area contributed by atoms with Crippen LogP contribution in [0.15, 0.2) is 24.3 Å². The molecule has 9 heteroatoms. The predicted molar refractivity (Wildman–Crippen MR) is 67.3 cm³/mol. The monoisotopic (exact) mass is 342 g/mol. The number of benzene rings is 2. The van der Waals surface area contributed by atoms with E-state index in [2.05, 4.69) is 4.52 Å². The fraction of sp³-hybridized carbons (Fsp3) is 0. The molecule has 0 aliphatic rings. The third-order valence-corrected chi connectivity index (χ3v) is 3.14. The van der Waals surface area contributed by atoms with Crippen molar-refractivity contribution >= 4 is 20.6 Å². The molecular weight excluding hydrogens is 338 g/mol. The van der Waals surface area contributed by atoms with Crippen LogP contribution in [0.5, 0.6) is 11.5 Å². The Balaban J connectivity index is 2.12. The second-order valence-electron chi connectivity index (χ2n) is 3.64. The minimum absolute atomic E-state index is 0.251. The first kappa shape index (κ1) is 15.8. The first-order valence-electron chi connectivity index (χ1n) is 5.27. The molecule has 0 spiro atoms. The van der Waals surface area contributed by atoms with Crippen molar-refractivity contribution < 1.29 is 31.0 Å². The highest BCUT2D eigenvalue weighted by molar-refractivity contribution is 7.27. The predicted octanol–water partition coefficient (Wildman–Crippen LogP) is 5.00. The van der Waals surface area contributed by atoms with E-state index in [-0.39, 0.29) is 5.75 Å². The van der Waals surface area contributed by atoms with Crippen LogP contribution in [0.4, 0.5) is 22.0 Å². The molecule has 0 amide bonds. The third kappa shape index (κ3) is 3.36. The molecule has 0 aromatic heterocycles. The maximum absolute atomic E-state index is 13.3. The summed E-state index contributed by atoms with van der Waals surface area (Å²) >= 11 is 5.63. The Morgan fingerprint density at radius 1 is 0.714 bits per heavy atom. The van der Waals surface area contributed by atoms with Crippen LogP contribution in [0.25, 0.3) is 0 Å². The van der Waals surface area contributed by atoms with Crippen LogP contribution in [0, 0.1) is 29.1 Å². The molecule has 21 heavy (non-hydrogen) atoms. The van der Waals surface area contributed by atoms with Gasteiger partial charge in [-0.1, -0.05) is 11.6 Å². The Bertz CT molecular complexity index is 637. The van der Waals surface area contributed by atoms with Gasteiger partial charge in [0.1, 0.15) is 5.75 Å². The van der Waals surface area contributed by atoms with Crippen molar-refractivity contribution in [2.24, 2.45) is 0 Å². The van der Waals surface area contributed by atoms with E-state index in [0.29, 0.717) is 5.02 Å². The maximum Gasteiger partial charge on any atom is 0.275 e. The second-order valence-corrected chi connectivity index (χ2v) is 4.65. The van der Waals surface area contributed by atoms with Crippen LogP contribution < -0.4 is 9.05 Å². The van der Waals surface area contributed by atoms with E-state index in [4.69, 9.17) is 16.1 Å². The van der Waals surface area contributed by atoms with Crippen molar-refractivity contribution in [1.29, 1.82) is 0 Å². The highest BCUT2D eigenvalue weighted by Gasteiger charge is 2.27. The van der Waals surface area contributed by atoms with Crippen molar-refractivity contribution in [2.75, 3.05) is 0 Å². The largest absolute Gasteiger partial charge is 0.441 e. The summed E-state index contributed by atoms with van der Waals surface area (Å²) in [6.45, 7) is 0. The fourth-order valence-corrected chi connectivity index (χ4v) is 1.95. The lowest BCUT2D eigenvalue weighted by atomic mass is 10.3. The highest BCUT2D eigenvalue weighted by Crippen LogP contribution is 2.33. The summed E-state index contributed by atoms with van der Waals surface area (Å²) in [5.41, 5.74) is 0. The zero-order valence-corrected chi connectivity index (χ0v) is 11.6. The minimum Gasteiger partial charge on any atom is -0.441 e. The second kappa shape index (κ2) is 6.45. The lowest BCUT2D eigenvalue weighted by Gasteiger charge is -2.10. The molecular formula is C12H5ClF5O2P. The number of rotatable bonds is 4. The van der Waals surface area contributed by atoms with Gasteiger partial charge < -0.3 is 9.05 Å². The fourth-order valence-electron chi connectivity index (χ4n) is 1.29. The maximum atomic E-state index is 13.3. The van der Waals surface area contributed by atoms with Crippen LogP contribution >= 0.6 is 20.6 Å². The normalized spacial score (nSPS) is 11.1. The molecule has 0 bridgehead atoms. The Kier molecular flexibility index (Phi) is 4.85. The van der Waals surface area contributed by atoms with Gasteiger partial charge in [0, 0.05) is 5.02 Å².